The summed E-state index contributed by atoms with van der Waals surface area (Å²) in [5.74, 6) is 0. The fourth-order valence-corrected chi connectivity index (χ4v) is 10.1. The van der Waals surface area contributed by atoms with Crippen LogP contribution in [-0.2, 0) is 6.42 Å². The normalized spacial score (nSPS) is 13.5. The Labute approximate surface area is 362 Å². The third-order valence-electron chi connectivity index (χ3n) is 13.0. The third-order valence-corrected chi connectivity index (χ3v) is 13.0. The fourth-order valence-electron chi connectivity index (χ4n) is 10.1. The molecular weight excluding hydrogens is 749 g/mol. The predicted molar refractivity (Wildman–Crippen MR) is 263 cm³/mol. The van der Waals surface area contributed by atoms with Gasteiger partial charge in [-0.15, -0.1) is 0 Å². The highest BCUT2D eigenvalue weighted by molar-refractivity contribution is 6.12. The van der Waals surface area contributed by atoms with Gasteiger partial charge in [-0.05, 0) is 142 Å². The summed E-state index contributed by atoms with van der Waals surface area (Å²) in [6.45, 7) is 0. The largest absolute Gasteiger partial charge is 0.309 e. The van der Waals surface area contributed by atoms with Crippen LogP contribution in [0.2, 0.25) is 0 Å². The molecule has 294 valence electrons. The summed E-state index contributed by atoms with van der Waals surface area (Å²) in [7, 11) is 0. The molecule has 0 aliphatic heterocycles. The third kappa shape index (κ3) is 6.18. The van der Waals surface area contributed by atoms with Crippen molar-refractivity contribution in [3.63, 3.8) is 0 Å². The Morgan fingerprint density at radius 2 is 0.952 bits per heavy atom. The van der Waals surface area contributed by atoms with Crippen LogP contribution < -0.4 is 0 Å². The Morgan fingerprint density at radius 1 is 0.371 bits per heavy atom. The van der Waals surface area contributed by atoms with Crippen molar-refractivity contribution in [3.05, 3.63) is 229 Å². The maximum atomic E-state index is 2.57. The summed E-state index contributed by atoms with van der Waals surface area (Å²) in [5, 5.41) is 3.83. The van der Waals surface area contributed by atoms with Gasteiger partial charge in [0.05, 0.1) is 16.6 Å². The molecule has 12 rings (SSSR count). The highest BCUT2D eigenvalue weighted by Gasteiger charge is 2.23. The Morgan fingerprint density at radius 3 is 1.63 bits per heavy atom. The van der Waals surface area contributed by atoms with Gasteiger partial charge in [0.25, 0.3) is 0 Å². The number of aromatic nitrogens is 2. The van der Waals surface area contributed by atoms with Gasteiger partial charge in [0.15, 0.2) is 0 Å². The zero-order valence-electron chi connectivity index (χ0n) is 34.5. The highest BCUT2D eigenvalue weighted by Crippen LogP contribution is 2.43. The number of hydrogen-bond acceptors (Lipinski definition) is 0. The van der Waals surface area contributed by atoms with Crippen LogP contribution in [0.25, 0.3) is 100 Å². The van der Waals surface area contributed by atoms with Crippen molar-refractivity contribution in [1.29, 1.82) is 0 Å². The first-order valence-electron chi connectivity index (χ1n) is 21.9. The lowest BCUT2D eigenvalue weighted by Crippen LogP contribution is -2.03. The van der Waals surface area contributed by atoms with E-state index in [4.69, 9.17) is 0 Å². The van der Waals surface area contributed by atoms with E-state index in [2.05, 4.69) is 228 Å². The molecule has 2 nitrogen and oxygen atoms in total. The van der Waals surface area contributed by atoms with Crippen molar-refractivity contribution < 1.29 is 0 Å². The topological polar surface area (TPSA) is 9.86 Å². The van der Waals surface area contributed by atoms with E-state index in [1.54, 1.807) is 0 Å². The predicted octanol–water partition coefficient (Wildman–Crippen LogP) is 16.1. The van der Waals surface area contributed by atoms with E-state index < -0.39 is 0 Å². The van der Waals surface area contributed by atoms with E-state index in [1.807, 2.05) is 0 Å². The van der Waals surface area contributed by atoms with E-state index in [1.165, 1.54) is 105 Å². The lowest BCUT2D eigenvalue weighted by atomic mass is 9.93. The van der Waals surface area contributed by atoms with E-state index in [0.717, 1.165) is 31.4 Å². The molecule has 0 fully saturated rings. The van der Waals surface area contributed by atoms with Crippen molar-refractivity contribution in [2.45, 2.75) is 25.7 Å². The van der Waals surface area contributed by atoms with E-state index in [9.17, 15) is 0 Å². The molecule has 0 unspecified atom stereocenters. The van der Waals surface area contributed by atoms with Crippen molar-refractivity contribution in [2.75, 3.05) is 0 Å². The van der Waals surface area contributed by atoms with Crippen LogP contribution in [0.1, 0.15) is 36.1 Å². The van der Waals surface area contributed by atoms with Crippen LogP contribution in [0.3, 0.4) is 0 Å². The fraction of sp³-hybridized carbons (Fsp3) is 0.0667. The summed E-state index contributed by atoms with van der Waals surface area (Å²) < 4.78 is 5.03. The average molecular weight is 793 g/mol. The monoisotopic (exact) mass is 792 g/mol. The Hall–Kier alpha value is -7.68. The molecule has 2 heterocycles. The molecule has 0 saturated carbocycles. The van der Waals surface area contributed by atoms with E-state index in [0.29, 0.717) is 0 Å². The Bertz CT molecular complexity index is 3370. The molecule has 0 N–H and O–H groups in total. The van der Waals surface area contributed by atoms with Gasteiger partial charge in [0.2, 0.25) is 0 Å². The molecule has 2 aromatic heterocycles. The van der Waals surface area contributed by atoms with Crippen LogP contribution in [0, 0.1) is 0 Å². The Kier molecular flexibility index (Phi) is 8.81. The summed E-state index contributed by atoms with van der Waals surface area (Å²) in [5.41, 5.74) is 21.2. The molecule has 2 aliphatic rings. The summed E-state index contributed by atoms with van der Waals surface area (Å²) in [6.07, 6.45) is 15.7. The van der Waals surface area contributed by atoms with Crippen LogP contribution in [-0.4, -0.2) is 9.13 Å². The zero-order chi connectivity index (χ0) is 41.0. The molecule has 0 amide bonds. The molecule has 8 aromatic carbocycles. The lowest BCUT2D eigenvalue weighted by molar-refractivity contribution is 0.967. The SMILES string of the molecule is C1=CCCC(c2cc(-c3ccccc3)cc(-n3c4c(c5cccc(-c6ccc7c(c6)c6ccccc6n7-c6cc(-c7ccccc7)cc(-c7ccccc7)c6)c53)CCC=C4)c2)=C1. The summed E-state index contributed by atoms with van der Waals surface area (Å²) in [4.78, 5) is 0. The minimum atomic E-state index is 1.03. The first kappa shape index (κ1) is 36.2. The first-order valence-corrected chi connectivity index (χ1v) is 21.9. The maximum absolute atomic E-state index is 2.57. The number of hydrogen-bond donors (Lipinski definition) is 0. The first-order chi connectivity index (χ1) is 30.7. The van der Waals surface area contributed by atoms with Gasteiger partial charge in [0, 0.05) is 38.8 Å². The number of fused-ring (bicyclic) bond motifs is 6. The zero-order valence-corrected chi connectivity index (χ0v) is 34.5. The van der Waals surface area contributed by atoms with Gasteiger partial charge in [-0.3, -0.25) is 0 Å². The quantitative estimate of drug-likeness (QED) is 0.152. The summed E-state index contributed by atoms with van der Waals surface area (Å²) >= 11 is 0. The standard InChI is InChI=1S/C60H44N2/c1-5-18-41(19-6-1)46-34-47(42-20-7-2-8-21-42)37-50(36-46)61-57-30-15-14-27-54(57)56-40-45(32-33-59(56)61)52-28-17-29-55-53-26-13-16-31-58(53)62(60(52)55)51-38-48(43-22-9-3-10-23-43)35-49(39-51)44-24-11-4-12-25-44/h1-11,14-24,27-40H,12-13,25-26H2. The lowest BCUT2D eigenvalue weighted by Gasteiger charge is -2.18. The highest BCUT2D eigenvalue weighted by atomic mass is 15.0. The second-order valence-electron chi connectivity index (χ2n) is 16.7. The summed E-state index contributed by atoms with van der Waals surface area (Å²) in [6, 6.07) is 69.6. The van der Waals surface area contributed by atoms with Crippen LogP contribution in [0.5, 0.6) is 0 Å². The molecule has 0 saturated heterocycles. The van der Waals surface area contributed by atoms with Crippen molar-refractivity contribution in [2.24, 2.45) is 0 Å². The van der Waals surface area contributed by atoms with Crippen LogP contribution in [0.4, 0.5) is 0 Å². The van der Waals surface area contributed by atoms with Crippen molar-refractivity contribution >= 4 is 44.4 Å². The number of benzene rings is 8. The molecule has 2 aliphatic carbocycles. The average Bonchev–Trinajstić information content (AvgIpc) is 3.88. The van der Waals surface area contributed by atoms with Crippen LogP contribution in [0.15, 0.2) is 212 Å². The number of nitrogens with zero attached hydrogens (tertiary/aromatic N) is 2. The minimum Gasteiger partial charge on any atom is -0.309 e. The molecular formula is C60H44N2. The second kappa shape index (κ2) is 15.1. The number of aryl methyl sites for hydroxylation is 1. The molecule has 0 spiro atoms. The van der Waals surface area contributed by atoms with Gasteiger partial charge in [0.1, 0.15) is 0 Å². The second-order valence-corrected chi connectivity index (χ2v) is 16.7. The van der Waals surface area contributed by atoms with Gasteiger partial charge in [-0.1, -0.05) is 158 Å². The molecule has 0 radical (unpaired) electrons. The van der Waals surface area contributed by atoms with E-state index in [-0.39, 0.29) is 0 Å². The maximum Gasteiger partial charge on any atom is 0.0616 e. The number of para-hydroxylation sites is 2. The van der Waals surface area contributed by atoms with Gasteiger partial charge >= 0.3 is 0 Å². The van der Waals surface area contributed by atoms with Gasteiger partial charge in [-0.25, -0.2) is 0 Å². The van der Waals surface area contributed by atoms with Gasteiger partial charge < -0.3 is 9.13 Å². The number of rotatable bonds is 7. The molecule has 2 heteroatoms. The van der Waals surface area contributed by atoms with Crippen molar-refractivity contribution in [3.8, 4) is 55.9 Å². The Balaban J connectivity index is 1.08. The van der Waals surface area contributed by atoms with Crippen LogP contribution >= 0.6 is 0 Å². The molecule has 62 heavy (non-hydrogen) atoms. The minimum absolute atomic E-state index is 1.03. The molecule has 10 aromatic rings. The van der Waals surface area contributed by atoms with Crippen molar-refractivity contribution in [1.82, 2.24) is 9.13 Å². The smallest absolute Gasteiger partial charge is 0.0616 e. The molecule has 0 bridgehead atoms. The molecule has 0 atom stereocenters. The van der Waals surface area contributed by atoms with Gasteiger partial charge in [-0.2, -0.15) is 0 Å². The van der Waals surface area contributed by atoms with E-state index >= 15 is 0 Å². The number of allylic oxidation sites excluding steroid dienone is 5.